The molecule has 2 saturated heterocycles. The first-order valence-electron chi connectivity index (χ1n) is 7.43. The first-order chi connectivity index (χ1) is 10.1. The highest BCUT2D eigenvalue weighted by molar-refractivity contribution is 6.31. The zero-order valence-corrected chi connectivity index (χ0v) is 12.7. The first-order valence-corrected chi connectivity index (χ1v) is 7.81. The third kappa shape index (κ3) is 2.93. The molecule has 1 atom stereocenters. The number of halogens is 1. The normalized spacial score (nSPS) is 23.2. The van der Waals surface area contributed by atoms with Crippen LogP contribution in [0.4, 0.5) is 0 Å². The van der Waals surface area contributed by atoms with E-state index < -0.39 is 6.10 Å². The average molecular weight is 310 g/mol. The highest BCUT2D eigenvalue weighted by atomic mass is 35.5. The fourth-order valence-electron chi connectivity index (χ4n) is 3.30. The molecule has 0 amide bonds. The average Bonchev–Trinajstić information content (AvgIpc) is 2.83. The maximum absolute atomic E-state index is 11.8. The Morgan fingerprint density at radius 3 is 2.62 bits per heavy atom. The molecule has 2 aliphatic heterocycles. The van der Waals surface area contributed by atoms with E-state index in [1.165, 1.54) is 0 Å². The van der Waals surface area contributed by atoms with Gasteiger partial charge in [-0.05, 0) is 38.4 Å². The summed E-state index contributed by atoms with van der Waals surface area (Å²) >= 11 is 6.11. The molecule has 0 aliphatic carbocycles. The molecule has 114 valence electrons. The van der Waals surface area contributed by atoms with Gasteiger partial charge in [-0.25, -0.2) is 0 Å². The summed E-state index contributed by atoms with van der Waals surface area (Å²) in [6, 6.07) is 7.38. The summed E-state index contributed by atoms with van der Waals surface area (Å²) in [5.41, 5.74) is 0.506. The molecule has 21 heavy (non-hydrogen) atoms. The summed E-state index contributed by atoms with van der Waals surface area (Å²) in [5, 5.41) is 10.9. The van der Waals surface area contributed by atoms with Gasteiger partial charge in [0.2, 0.25) is 0 Å². The topological polar surface area (TPSA) is 49.8 Å². The smallest absolute Gasteiger partial charge is 0.312 e. The minimum Gasteiger partial charge on any atom is -0.465 e. The number of piperidine rings is 1. The van der Waals surface area contributed by atoms with E-state index in [2.05, 4.69) is 4.90 Å². The monoisotopic (exact) mass is 309 g/mol. The van der Waals surface area contributed by atoms with Crippen LogP contribution in [0.3, 0.4) is 0 Å². The number of hydrogen-bond acceptors (Lipinski definition) is 4. The largest absolute Gasteiger partial charge is 0.465 e. The van der Waals surface area contributed by atoms with Crippen molar-refractivity contribution in [2.24, 2.45) is 5.41 Å². The van der Waals surface area contributed by atoms with Crippen molar-refractivity contribution in [2.75, 3.05) is 26.2 Å². The van der Waals surface area contributed by atoms with Crippen molar-refractivity contribution in [3.8, 4) is 0 Å². The number of hydrogen-bond donors (Lipinski definition) is 1. The zero-order chi connectivity index (χ0) is 14.9. The molecule has 2 aliphatic rings. The third-order valence-corrected chi connectivity index (χ3v) is 5.10. The van der Waals surface area contributed by atoms with E-state index in [1.54, 1.807) is 6.07 Å². The molecule has 0 radical (unpaired) electrons. The molecular weight excluding hydrogens is 290 g/mol. The van der Waals surface area contributed by atoms with Gasteiger partial charge in [-0.1, -0.05) is 29.8 Å². The molecule has 1 aromatic carbocycles. The minimum atomic E-state index is -0.594. The predicted molar refractivity (Wildman–Crippen MR) is 80.1 cm³/mol. The van der Waals surface area contributed by atoms with Crippen molar-refractivity contribution in [2.45, 2.75) is 25.4 Å². The van der Waals surface area contributed by atoms with Crippen molar-refractivity contribution in [3.63, 3.8) is 0 Å². The van der Waals surface area contributed by atoms with Crippen LogP contribution in [0.5, 0.6) is 0 Å². The van der Waals surface area contributed by atoms with Gasteiger partial charge >= 0.3 is 5.97 Å². The second-order valence-corrected chi connectivity index (χ2v) is 6.41. The standard InChI is InChI=1S/C16H20ClNO3/c17-13-4-2-1-3-12(13)14(19)11-18-8-5-16(6-9-18)7-10-21-15(16)20/h1-4,14,19H,5-11H2. The van der Waals surface area contributed by atoms with Crippen molar-refractivity contribution < 1.29 is 14.6 Å². The van der Waals surface area contributed by atoms with Crippen LogP contribution in [0.2, 0.25) is 5.02 Å². The first kappa shape index (κ1) is 14.8. The van der Waals surface area contributed by atoms with E-state index in [1.807, 2.05) is 18.2 Å². The third-order valence-electron chi connectivity index (χ3n) is 4.76. The lowest BCUT2D eigenvalue weighted by Gasteiger charge is -2.37. The van der Waals surface area contributed by atoms with Crippen LogP contribution >= 0.6 is 11.6 Å². The molecule has 0 bridgehead atoms. The number of cyclic esters (lactones) is 1. The number of rotatable bonds is 3. The number of likely N-dealkylation sites (tertiary alicyclic amines) is 1. The van der Waals surface area contributed by atoms with Crippen LogP contribution in [-0.4, -0.2) is 42.2 Å². The van der Waals surface area contributed by atoms with Gasteiger partial charge in [-0.3, -0.25) is 4.79 Å². The van der Waals surface area contributed by atoms with Gasteiger partial charge in [0.25, 0.3) is 0 Å². The Labute approximate surface area is 129 Å². The van der Waals surface area contributed by atoms with E-state index >= 15 is 0 Å². The lowest BCUT2D eigenvalue weighted by molar-refractivity contribution is -0.148. The Morgan fingerprint density at radius 2 is 2.00 bits per heavy atom. The number of carbonyl (C=O) groups is 1. The van der Waals surface area contributed by atoms with Gasteiger partial charge in [0.1, 0.15) is 0 Å². The molecule has 0 aromatic heterocycles. The molecule has 1 spiro atoms. The van der Waals surface area contributed by atoms with Gasteiger partial charge in [0, 0.05) is 17.1 Å². The Balaban J connectivity index is 1.58. The second-order valence-electron chi connectivity index (χ2n) is 6.00. The van der Waals surface area contributed by atoms with Gasteiger partial charge < -0.3 is 14.7 Å². The molecule has 1 unspecified atom stereocenters. The Hall–Kier alpha value is -1.10. The van der Waals surface area contributed by atoms with Crippen molar-refractivity contribution >= 4 is 17.6 Å². The van der Waals surface area contributed by atoms with Crippen LogP contribution in [-0.2, 0) is 9.53 Å². The Morgan fingerprint density at radius 1 is 1.29 bits per heavy atom. The molecule has 3 rings (SSSR count). The van der Waals surface area contributed by atoms with Crippen LogP contribution in [0, 0.1) is 5.41 Å². The van der Waals surface area contributed by atoms with Crippen LogP contribution in [0.25, 0.3) is 0 Å². The second kappa shape index (κ2) is 5.95. The molecule has 5 heteroatoms. The fourth-order valence-corrected chi connectivity index (χ4v) is 3.56. The Kier molecular flexibility index (Phi) is 4.20. The van der Waals surface area contributed by atoms with E-state index in [9.17, 15) is 9.90 Å². The summed E-state index contributed by atoms with van der Waals surface area (Å²) in [6.45, 7) is 2.74. The number of ether oxygens (including phenoxy) is 1. The minimum absolute atomic E-state index is 0.0335. The van der Waals surface area contributed by atoms with E-state index in [0.29, 0.717) is 18.2 Å². The number of aliphatic hydroxyl groups is 1. The van der Waals surface area contributed by atoms with Crippen molar-refractivity contribution in [3.05, 3.63) is 34.9 Å². The lowest BCUT2D eigenvalue weighted by Crippen LogP contribution is -2.43. The maximum atomic E-state index is 11.8. The number of aliphatic hydroxyl groups excluding tert-OH is 1. The number of carbonyl (C=O) groups excluding carboxylic acids is 1. The zero-order valence-electron chi connectivity index (χ0n) is 11.9. The van der Waals surface area contributed by atoms with Gasteiger partial charge in [-0.15, -0.1) is 0 Å². The molecule has 2 heterocycles. The summed E-state index contributed by atoms with van der Waals surface area (Å²) in [6.07, 6.45) is 1.89. The Bertz CT molecular complexity index is 526. The molecule has 0 saturated carbocycles. The van der Waals surface area contributed by atoms with Gasteiger partial charge in [0.15, 0.2) is 0 Å². The van der Waals surface area contributed by atoms with E-state index in [4.69, 9.17) is 16.3 Å². The van der Waals surface area contributed by atoms with Gasteiger partial charge in [0.05, 0.1) is 18.1 Å². The SMILES string of the molecule is O=C1OCCC12CCN(CC(O)c1ccccc1Cl)CC2. The molecule has 1 aromatic rings. The lowest BCUT2D eigenvalue weighted by atomic mass is 9.77. The van der Waals surface area contributed by atoms with Crippen LogP contribution in [0.1, 0.15) is 30.9 Å². The van der Waals surface area contributed by atoms with E-state index in [0.717, 1.165) is 37.9 Å². The summed E-state index contributed by atoms with van der Waals surface area (Å²) in [7, 11) is 0. The number of β-amino-alcohol motifs (C(OH)–C–C–N with tert-alkyl or cyclic N) is 1. The fraction of sp³-hybridized carbons (Fsp3) is 0.562. The van der Waals surface area contributed by atoms with Crippen molar-refractivity contribution in [1.82, 2.24) is 4.90 Å². The van der Waals surface area contributed by atoms with Crippen LogP contribution in [0.15, 0.2) is 24.3 Å². The quantitative estimate of drug-likeness (QED) is 0.871. The highest BCUT2D eigenvalue weighted by Crippen LogP contribution is 2.40. The molecule has 4 nitrogen and oxygen atoms in total. The highest BCUT2D eigenvalue weighted by Gasteiger charge is 2.46. The van der Waals surface area contributed by atoms with E-state index in [-0.39, 0.29) is 11.4 Å². The number of benzene rings is 1. The predicted octanol–water partition coefficient (Wildman–Crippen LogP) is 2.40. The molecule has 2 fully saturated rings. The summed E-state index contributed by atoms with van der Waals surface area (Å²) < 4.78 is 5.12. The summed E-state index contributed by atoms with van der Waals surface area (Å²) in [4.78, 5) is 14.0. The maximum Gasteiger partial charge on any atom is 0.312 e. The molecular formula is C16H20ClNO3. The number of nitrogens with zero attached hydrogens (tertiary/aromatic N) is 1. The van der Waals surface area contributed by atoms with Gasteiger partial charge in [-0.2, -0.15) is 0 Å². The van der Waals surface area contributed by atoms with Crippen LogP contribution < -0.4 is 0 Å². The summed E-state index contributed by atoms with van der Waals surface area (Å²) in [5.74, 6) is -0.0335. The molecule has 1 N–H and O–H groups in total. The van der Waals surface area contributed by atoms with Crippen molar-refractivity contribution in [1.29, 1.82) is 0 Å². The number of esters is 1.